The van der Waals surface area contributed by atoms with E-state index in [1.54, 1.807) is 0 Å². The summed E-state index contributed by atoms with van der Waals surface area (Å²) < 4.78 is 5.83. The highest BCUT2D eigenvalue weighted by atomic mass is 16.5. The fraction of sp³-hybridized carbons (Fsp3) is 0.133. The third kappa shape index (κ3) is 6.58. The molecule has 0 spiro atoms. The fourth-order valence-electron chi connectivity index (χ4n) is 3.96. The summed E-state index contributed by atoms with van der Waals surface area (Å²) in [5, 5.41) is 2.88. The first-order valence-corrected chi connectivity index (χ1v) is 11.6. The van der Waals surface area contributed by atoms with Gasteiger partial charge in [0.1, 0.15) is 18.4 Å². The molecular weight excluding hydrogens is 436 g/mol. The second kappa shape index (κ2) is 11.7. The SMILES string of the molecule is NC(=O)[C@@H](Cc1ccc(OCc2ccccc2)cc1)NC(=O)C(c1ccccc1)c1ccccc1. The molecule has 5 heteroatoms. The van der Waals surface area contributed by atoms with E-state index in [1.807, 2.05) is 115 Å². The van der Waals surface area contributed by atoms with Gasteiger partial charge in [0.25, 0.3) is 0 Å². The third-order valence-corrected chi connectivity index (χ3v) is 5.80. The van der Waals surface area contributed by atoms with Gasteiger partial charge in [0.15, 0.2) is 0 Å². The van der Waals surface area contributed by atoms with Crippen LogP contribution in [0, 0.1) is 0 Å². The van der Waals surface area contributed by atoms with E-state index >= 15 is 0 Å². The molecule has 4 aromatic carbocycles. The van der Waals surface area contributed by atoms with Gasteiger partial charge in [0.2, 0.25) is 11.8 Å². The van der Waals surface area contributed by atoms with Crippen LogP contribution in [-0.2, 0) is 22.6 Å². The highest BCUT2D eigenvalue weighted by Crippen LogP contribution is 2.25. The average molecular weight is 465 g/mol. The van der Waals surface area contributed by atoms with Gasteiger partial charge in [-0.3, -0.25) is 9.59 Å². The predicted octanol–water partition coefficient (Wildman–Crippen LogP) is 4.61. The van der Waals surface area contributed by atoms with Crippen LogP contribution in [0.15, 0.2) is 115 Å². The van der Waals surface area contributed by atoms with Gasteiger partial charge in [-0.25, -0.2) is 0 Å². The summed E-state index contributed by atoms with van der Waals surface area (Å²) >= 11 is 0. The van der Waals surface area contributed by atoms with E-state index in [-0.39, 0.29) is 12.3 Å². The number of hydrogen-bond donors (Lipinski definition) is 2. The van der Waals surface area contributed by atoms with E-state index in [2.05, 4.69) is 5.32 Å². The Kier molecular flexibility index (Phi) is 7.92. The zero-order valence-corrected chi connectivity index (χ0v) is 19.3. The molecule has 0 aromatic heterocycles. The molecule has 4 aromatic rings. The van der Waals surface area contributed by atoms with Gasteiger partial charge in [-0.2, -0.15) is 0 Å². The van der Waals surface area contributed by atoms with Gasteiger partial charge in [-0.05, 0) is 34.4 Å². The van der Waals surface area contributed by atoms with Gasteiger partial charge in [0.05, 0.1) is 5.92 Å². The molecule has 0 saturated carbocycles. The molecule has 0 fully saturated rings. The molecule has 35 heavy (non-hydrogen) atoms. The van der Waals surface area contributed by atoms with Crippen molar-refractivity contribution in [3.05, 3.63) is 138 Å². The van der Waals surface area contributed by atoms with Crippen molar-refractivity contribution in [3.63, 3.8) is 0 Å². The molecule has 5 nitrogen and oxygen atoms in total. The van der Waals surface area contributed by atoms with Crippen molar-refractivity contribution in [2.45, 2.75) is 25.0 Å². The maximum Gasteiger partial charge on any atom is 0.240 e. The summed E-state index contributed by atoms with van der Waals surface area (Å²) in [6, 6.07) is 35.6. The Morgan fingerprint density at radius 1 is 0.686 bits per heavy atom. The highest BCUT2D eigenvalue weighted by Gasteiger charge is 2.27. The molecule has 0 saturated heterocycles. The van der Waals surface area contributed by atoms with Gasteiger partial charge in [0, 0.05) is 6.42 Å². The molecule has 176 valence electrons. The Bertz CT molecular complexity index is 1190. The summed E-state index contributed by atoms with van der Waals surface area (Å²) in [7, 11) is 0. The van der Waals surface area contributed by atoms with Gasteiger partial charge >= 0.3 is 0 Å². The summed E-state index contributed by atoms with van der Waals surface area (Å²) in [6.07, 6.45) is 0.288. The number of hydrogen-bond acceptors (Lipinski definition) is 3. The first kappa shape index (κ1) is 23.8. The number of carbonyl (C=O) groups is 2. The van der Waals surface area contributed by atoms with Crippen molar-refractivity contribution in [1.29, 1.82) is 0 Å². The van der Waals surface area contributed by atoms with Crippen molar-refractivity contribution in [2.24, 2.45) is 5.73 Å². The van der Waals surface area contributed by atoms with E-state index in [0.29, 0.717) is 6.61 Å². The summed E-state index contributed by atoms with van der Waals surface area (Å²) in [6.45, 7) is 0.473. The number of ether oxygens (including phenoxy) is 1. The molecular formula is C30H28N2O3. The van der Waals surface area contributed by atoms with E-state index in [0.717, 1.165) is 28.0 Å². The minimum absolute atomic E-state index is 0.269. The summed E-state index contributed by atoms with van der Waals surface area (Å²) in [4.78, 5) is 25.6. The van der Waals surface area contributed by atoms with Crippen LogP contribution in [0.25, 0.3) is 0 Å². The van der Waals surface area contributed by atoms with Crippen LogP contribution >= 0.6 is 0 Å². The zero-order valence-electron chi connectivity index (χ0n) is 19.3. The maximum atomic E-state index is 13.4. The number of nitrogens with two attached hydrogens (primary N) is 1. The molecule has 0 aliphatic carbocycles. The standard InChI is InChI=1S/C30H28N2O3/c31-29(33)27(20-22-16-18-26(19-17-22)35-21-23-10-4-1-5-11-23)32-30(34)28(24-12-6-2-7-13-24)25-14-8-3-9-15-25/h1-19,27-28H,20-21H2,(H2,31,33)(H,32,34)/t27-/m1/s1. The maximum absolute atomic E-state index is 13.4. The number of benzene rings is 4. The van der Waals surface area contributed by atoms with Crippen molar-refractivity contribution in [1.82, 2.24) is 5.32 Å². The molecule has 0 heterocycles. The summed E-state index contributed by atoms with van der Waals surface area (Å²) in [5.41, 5.74) is 9.32. The zero-order chi connectivity index (χ0) is 24.5. The lowest BCUT2D eigenvalue weighted by molar-refractivity contribution is -0.127. The predicted molar refractivity (Wildman–Crippen MR) is 137 cm³/mol. The second-order valence-electron chi connectivity index (χ2n) is 8.34. The first-order chi connectivity index (χ1) is 17.1. The average Bonchev–Trinajstić information content (AvgIpc) is 2.90. The minimum atomic E-state index is -0.839. The number of carbonyl (C=O) groups excluding carboxylic acids is 2. The van der Waals surface area contributed by atoms with Crippen LogP contribution in [0.2, 0.25) is 0 Å². The molecule has 3 N–H and O–H groups in total. The lowest BCUT2D eigenvalue weighted by Gasteiger charge is -2.22. The third-order valence-electron chi connectivity index (χ3n) is 5.80. The molecule has 0 aliphatic heterocycles. The molecule has 0 aliphatic rings. The molecule has 2 amide bonds. The smallest absolute Gasteiger partial charge is 0.240 e. The fourth-order valence-corrected chi connectivity index (χ4v) is 3.96. The molecule has 0 bridgehead atoms. The number of primary amides is 1. The first-order valence-electron chi connectivity index (χ1n) is 11.6. The van der Waals surface area contributed by atoms with Crippen molar-refractivity contribution >= 4 is 11.8 Å². The van der Waals surface area contributed by atoms with Crippen LogP contribution in [0.4, 0.5) is 0 Å². The van der Waals surface area contributed by atoms with Crippen LogP contribution in [-0.4, -0.2) is 17.9 Å². The van der Waals surface area contributed by atoms with Crippen molar-refractivity contribution in [2.75, 3.05) is 0 Å². The molecule has 0 unspecified atom stereocenters. The second-order valence-corrected chi connectivity index (χ2v) is 8.34. The van der Waals surface area contributed by atoms with Crippen LogP contribution in [0.1, 0.15) is 28.2 Å². The van der Waals surface area contributed by atoms with E-state index < -0.39 is 17.9 Å². The van der Waals surface area contributed by atoms with Crippen molar-refractivity contribution < 1.29 is 14.3 Å². The number of rotatable bonds is 10. The van der Waals surface area contributed by atoms with Crippen LogP contribution in [0.5, 0.6) is 5.75 Å². The normalized spacial score (nSPS) is 11.6. The van der Waals surface area contributed by atoms with Gasteiger partial charge in [-0.15, -0.1) is 0 Å². The number of amides is 2. The number of nitrogens with one attached hydrogen (secondary N) is 1. The van der Waals surface area contributed by atoms with E-state index in [4.69, 9.17) is 10.5 Å². The van der Waals surface area contributed by atoms with Crippen LogP contribution < -0.4 is 15.8 Å². The molecule has 1 atom stereocenters. The van der Waals surface area contributed by atoms with E-state index in [9.17, 15) is 9.59 Å². The largest absolute Gasteiger partial charge is 0.489 e. The summed E-state index contributed by atoms with van der Waals surface area (Å²) in [5.74, 6) is -0.671. The molecule has 4 rings (SSSR count). The van der Waals surface area contributed by atoms with Gasteiger partial charge in [-0.1, -0.05) is 103 Å². The Labute approximate surface area is 205 Å². The molecule has 0 radical (unpaired) electrons. The minimum Gasteiger partial charge on any atom is -0.489 e. The Morgan fingerprint density at radius 2 is 1.20 bits per heavy atom. The van der Waals surface area contributed by atoms with Crippen LogP contribution in [0.3, 0.4) is 0 Å². The van der Waals surface area contributed by atoms with Gasteiger partial charge < -0.3 is 15.8 Å². The van der Waals surface area contributed by atoms with Crippen molar-refractivity contribution in [3.8, 4) is 5.75 Å². The Balaban J connectivity index is 1.44. The Hall–Kier alpha value is -4.38. The quantitative estimate of drug-likeness (QED) is 0.360. The highest BCUT2D eigenvalue weighted by molar-refractivity contribution is 5.92. The monoisotopic (exact) mass is 464 g/mol. The lowest BCUT2D eigenvalue weighted by atomic mass is 9.90. The lowest BCUT2D eigenvalue weighted by Crippen LogP contribution is -2.47. The van der Waals surface area contributed by atoms with E-state index in [1.165, 1.54) is 0 Å². The Morgan fingerprint density at radius 3 is 1.71 bits per heavy atom. The topological polar surface area (TPSA) is 81.4 Å².